The summed E-state index contributed by atoms with van der Waals surface area (Å²) in [6.45, 7) is 0. The van der Waals surface area contributed by atoms with Gasteiger partial charge in [0.25, 0.3) is 0 Å². The van der Waals surface area contributed by atoms with E-state index >= 15 is 0 Å². The van der Waals surface area contributed by atoms with Crippen molar-refractivity contribution >= 4 is 10.8 Å². The molecule has 0 unspecified atom stereocenters. The Bertz CT molecular complexity index is 705. The third-order valence-corrected chi connectivity index (χ3v) is 2.89. The third kappa shape index (κ3) is 1.66. The predicted octanol–water partition coefficient (Wildman–Crippen LogP) is 4.21. The molecule has 0 fully saturated rings. The number of benzene rings is 3. The second-order valence-corrected chi connectivity index (χ2v) is 3.96. The quantitative estimate of drug-likeness (QED) is 0.652. The van der Waals surface area contributed by atoms with Crippen LogP contribution in [0.5, 0.6) is 5.75 Å². The van der Waals surface area contributed by atoms with Gasteiger partial charge in [-0.2, -0.15) is 0 Å². The highest BCUT2D eigenvalue weighted by molar-refractivity contribution is 5.99. The van der Waals surface area contributed by atoms with Crippen LogP contribution in [0.1, 0.15) is 1.37 Å². The number of phenolic OH excluding ortho intramolecular Hbond substituents is 1. The Morgan fingerprint density at radius 1 is 0.765 bits per heavy atom. The zero-order chi connectivity index (χ0) is 12.5. The highest BCUT2D eigenvalue weighted by Gasteiger charge is 2.05. The fourth-order valence-electron chi connectivity index (χ4n) is 2.07. The summed E-state index contributed by atoms with van der Waals surface area (Å²) in [4.78, 5) is 0. The summed E-state index contributed by atoms with van der Waals surface area (Å²) in [5.41, 5.74) is 2.04. The van der Waals surface area contributed by atoms with E-state index in [0.29, 0.717) is 6.04 Å². The van der Waals surface area contributed by atoms with Gasteiger partial charge in [0, 0.05) is 5.39 Å². The highest BCUT2D eigenvalue weighted by Crippen LogP contribution is 2.33. The van der Waals surface area contributed by atoms with Crippen LogP contribution in [-0.4, -0.2) is 5.11 Å². The minimum Gasteiger partial charge on any atom is -0.507 e. The molecule has 0 radical (unpaired) electrons. The van der Waals surface area contributed by atoms with Gasteiger partial charge in [-0.25, -0.2) is 0 Å². The van der Waals surface area contributed by atoms with Gasteiger partial charge < -0.3 is 5.11 Å². The van der Waals surface area contributed by atoms with Crippen molar-refractivity contribution in [3.63, 3.8) is 0 Å². The van der Waals surface area contributed by atoms with E-state index in [0.717, 1.165) is 21.9 Å². The number of hydrogen-bond acceptors (Lipinski definition) is 1. The van der Waals surface area contributed by atoms with Gasteiger partial charge in [-0.05, 0) is 22.6 Å². The molecule has 82 valence electrons. The molecule has 3 aromatic carbocycles. The maximum absolute atomic E-state index is 9.88. The molecule has 0 heterocycles. The first-order valence-corrected chi connectivity index (χ1v) is 5.54. The van der Waals surface area contributed by atoms with Gasteiger partial charge in [0.1, 0.15) is 5.75 Å². The topological polar surface area (TPSA) is 20.2 Å². The molecule has 0 bridgehead atoms. The van der Waals surface area contributed by atoms with Gasteiger partial charge in [0.05, 0.1) is 1.37 Å². The summed E-state index contributed by atoms with van der Waals surface area (Å²) in [5.74, 6) is 0.221. The minimum absolute atomic E-state index is 0.221. The Labute approximate surface area is 101 Å². The summed E-state index contributed by atoms with van der Waals surface area (Å²) in [6.07, 6.45) is 0. The predicted molar refractivity (Wildman–Crippen MR) is 71.0 cm³/mol. The molecule has 17 heavy (non-hydrogen) atoms. The van der Waals surface area contributed by atoms with E-state index < -0.39 is 0 Å². The lowest BCUT2D eigenvalue weighted by Crippen LogP contribution is -1.81. The van der Waals surface area contributed by atoms with E-state index in [2.05, 4.69) is 0 Å². The van der Waals surface area contributed by atoms with Crippen molar-refractivity contribution < 1.29 is 6.48 Å². The maximum Gasteiger partial charge on any atom is 0.123 e. The van der Waals surface area contributed by atoms with Gasteiger partial charge >= 0.3 is 0 Å². The molecule has 0 aliphatic carbocycles. The first kappa shape index (κ1) is 8.82. The number of aromatic hydroxyl groups is 1. The third-order valence-electron chi connectivity index (χ3n) is 2.89. The summed E-state index contributed by atoms with van der Waals surface area (Å²) in [6, 6.07) is 19.3. The van der Waals surface area contributed by atoms with Crippen molar-refractivity contribution in [1.29, 1.82) is 0 Å². The molecule has 1 heteroatoms. The lowest BCUT2D eigenvalue weighted by Gasteiger charge is -2.08. The monoisotopic (exact) mass is 221 g/mol. The second-order valence-electron chi connectivity index (χ2n) is 3.96. The van der Waals surface area contributed by atoms with E-state index in [-0.39, 0.29) is 5.75 Å². The molecular formula is C16H12O. The molecule has 0 aromatic heterocycles. The Morgan fingerprint density at radius 3 is 2.35 bits per heavy atom. The second kappa shape index (κ2) is 3.95. The highest BCUT2D eigenvalue weighted by atomic mass is 16.3. The fourth-order valence-corrected chi connectivity index (χ4v) is 2.07. The average Bonchev–Trinajstić information content (AvgIpc) is 2.41. The Morgan fingerprint density at radius 2 is 1.53 bits per heavy atom. The van der Waals surface area contributed by atoms with Crippen LogP contribution in [0.25, 0.3) is 21.9 Å². The average molecular weight is 221 g/mol. The van der Waals surface area contributed by atoms with Gasteiger partial charge in [0.2, 0.25) is 0 Å². The summed E-state index contributed by atoms with van der Waals surface area (Å²) >= 11 is 0. The SMILES string of the molecule is [2H]c1cccc2c(O)ccc(-c3ccccc3)c12. The molecule has 0 saturated heterocycles. The summed E-state index contributed by atoms with van der Waals surface area (Å²) < 4.78 is 8.04. The van der Waals surface area contributed by atoms with Crippen LogP contribution in [0.2, 0.25) is 0 Å². The van der Waals surface area contributed by atoms with E-state index in [1.807, 2.05) is 42.5 Å². The Kier molecular flexibility index (Phi) is 2.05. The van der Waals surface area contributed by atoms with Crippen LogP contribution in [0.4, 0.5) is 0 Å². The van der Waals surface area contributed by atoms with Crippen LogP contribution < -0.4 is 0 Å². The van der Waals surface area contributed by atoms with Crippen LogP contribution in [-0.2, 0) is 0 Å². The van der Waals surface area contributed by atoms with Crippen LogP contribution >= 0.6 is 0 Å². The maximum atomic E-state index is 9.88. The Balaban J connectivity index is 2.41. The first-order chi connectivity index (χ1) is 8.77. The number of rotatable bonds is 1. The van der Waals surface area contributed by atoms with Crippen LogP contribution in [0.15, 0.2) is 66.7 Å². The van der Waals surface area contributed by atoms with Crippen LogP contribution in [0, 0.1) is 0 Å². The standard InChI is InChI=1S/C16H12O/c17-16-11-10-13(12-6-2-1-3-7-12)14-8-4-5-9-15(14)16/h1-11,17H/i8D. The summed E-state index contributed by atoms with van der Waals surface area (Å²) in [5, 5.41) is 11.4. The van der Waals surface area contributed by atoms with E-state index in [1.54, 1.807) is 18.2 Å². The zero-order valence-corrected chi connectivity index (χ0v) is 9.22. The lowest BCUT2D eigenvalue weighted by molar-refractivity contribution is 0.481. The summed E-state index contributed by atoms with van der Waals surface area (Å²) in [7, 11) is 0. The van der Waals surface area contributed by atoms with Gasteiger partial charge in [-0.15, -0.1) is 0 Å². The van der Waals surface area contributed by atoms with Crippen molar-refractivity contribution in [2.75, 3.05) is 0 Å². The van der Waals surface area contributed by atoms with E-state index in [4.69, 9.17) is 1.37 Å². The lowest BCUT2D eigenvalue weighted by atomic mass is 9.98. The molecule has 0 aliphatic rings. The molecule has 0 amide bonds. The normalized spacial score (nSPS) is 11.4. The molecule has 3 rings (SSSR count). The number of phenols is 1. The Hall–Kier alpha value is -2.28. The van der Waals surface area contributed by atoms with E-state index in [9.17, 15) is 5.11 Å². The molecule has 3 aromatic rings. The van der Waals surface area contributed by atoms with Gasteiger partial charge in [-0.1, -0.05) is 60.6 Å². The van der Waals surface area contributed by atoms with Gasteiger partial charge in [0.15, 0.2) is 0 Å². The van der Waals surface area contributed by atoms with E-state index in [1.165, 1.54) is 0 Å². The first-order valence-electron chi connectivity index (χ1n) is 6.04. The molecule has 0 saturated carbocycles. The van der Waals surface area contributed by atoms with Crippen LogP contribution in [0.3, 0.4) is 0 Å². The largest absolute Gasteiger partial charge is 0.507 e. The number of fused-ring (bicyclic) bond motifs is 1. The van der Waals surface area contributed by atoms with Crippen molar-refractivity contribution in [3.05, 3.63) is 66.7 Å². The zero-order valence-electron chi connectivity index (χ0n) is 10.2. The van der Waals surface area contributed by atoms with Crippen molar-refractivity contribution in [1.82, 2.24) is 0 Å². The molecule has 1 nitrogen and oxygen atoms in total. The molecule has 0 aliphatic heterocycles. The van der Waals surface area contributed by atoms with Crippen molar-refractivity contribution in [2.24, 2.45) is 0 Å². The van der Waals surface area contributed by atoms with Gasteiger partial charge in [-0.3, -0.25) is 0 Å². The minimum atomic E-state index is 0.221. The molecular weight excluding hydrogens is 208 g/mol. The molecule has 1 N–H and O–H groups in total. The van der Waals surface area contributed by atoms with Crippen molar-refractivity contribution in [2.45, 2.75) is 0 Å². The number of hydrogen-bond donors (Lipinski definition) is 1. The molecule has 0 atom stereocenters. The molecule has 0 spiro atoms. The fraction of sp³-hybridized carbons (Fsp3) is 0. The smallest absolute Gasteiger partial charge is 0.123 e. The van der Waals surface area contributed by atoms with Crippen molar-refractivity contribution in [3.8, 4) is 16.9 Å².